The van der Waals surface area contributed by atoms with Crippen molar-refractivity contribution in [3.05, 3.63) is 101 Å². The fourth-order valence-electron chi connectivity index (χ4n) is 5.14. The van der Waals surface area contributed by atoms with Gasteiger partial charge in [-0.1, -0.05) is 0 Å². The summed E-state index contributed by atoms with van der Waals surface area (Å²) < 4.78 is 47.3. The first-order chi connectivity index (χ1) is 21.2. The van der Waals surface area contributed by atoms with E-state index < -0.39 is 29.5 Å². The summed E-state index contributed by atoms with van der Waals surface area (Å²) in [6, 6.07) is 12.7. The number of nitrogens with one attached hydrogen (secondary N) is 2. The van der Waals surface area contributed by atoms with Gasteiger partial charge in [-0.05, 0) is 79.6 Å². The van der Waals surface area contributed by atoms with Crippen LogP contribution < -0.4 is 15.4 Å². The van der Waals surface area contributed by atoms with Gasteiger partial charge in [-0.25, -0.2) is 13.8 Å². The number of carbonyl (C=O) groups is 2. The number of rotatable bonds is 7. The quantitative estimate of drug-likeness (QED) is 0.209. The van der Waals surface area contributed by atoms with E-state index in [0.29, 0.717) is 33.7 Å². The minimum Gasteiger partial charge on any atom is -0.496 e. The average molecular weight is 597 g/mol. The maximum Gasteiger partial charge on any atom is 0.255 e. The fourth-order valence-corrected chi connectivity index (χ4v) is 5.14. The third-order valence-corrected chi connectivity index (χ3v) is 7.36. The third kappa shape index (κ3) is 4.91. The number of nitrogens with zero attached hydrogens (tertiary/aromatic N) is 2. The van der Waals surface area contributed by atoms with Crippen LogP contribution in [-0.4, -0.2) is 35.9 Å². The van der Waals surface area contributed by atoms with E-state index in [0.717, 1.165) is 0 Å². The SMILES string of the molecule is CNC(=O)c1c(-c2ccc(F)cc2)oc2ccc(-c3cc(C(=O)N[C@@H](C)c4nc5ccncc5o4)c(OC)cc3C)c(F)c12. The molecule has 9 nitrogen and oxygen atoms in total. The molecule has 0 saturated heterocycles. The average Bonchev–Trinajstić information content (AvgIpc) is 3.64. The Bertz CT molecular complexity index is 2030. The van der Waals surface area contributed by atoms with E-state index in [9.17, 15) is 14.0 Å². The first kappa shape index (κ1) is 28.5. The van der Waals surface area contributed by atoms with Crippen molar-refractivity contribution < 1.29 is 31.9 Å². The number of carbonyl (C=O) groups excluding carboxylic acids is 2. The van der Waals surface area contributed by atoms with Gasteiger partial charge in [0.2, 0.25) is 5.89 Å². The maximum atomic E-state index is 16.5. The summed E-state index contributed by atoms with van der Waals surface area (Å²) in [6.07, 6.45) is 3.14. The Kier molecular flexibility index (Phi) is 7.30. The number of hydrogen-bond donors (Lipinski definition) is 2. The fraction of sp³-hybridized carbons (Fsp3) is 0.152. The number of ether oxygens (including phenoxy) is 1. The molecule has 0 saturated carbocycles. The molecular formula is C33H26F2N4O5. The number of methoxy groups -OCH3 is 1. The summed E-state index contributed by atoms with van der Waals surface area (Å²) in [5.41, 5.74) is 2.94. The molecule has 0 aliphatic carbocycles. The van der Waals surface area contributed by atoms with Crippen molar-refractivity contribution in [3.63, 3.8) is 0 Å². The number of fused-ring (bicyclic) bond motifs is 2. The van der Waals surface area contributed by atoms with Crippen LogP contribution in [0.5, 0.6) is 5.75 Å². The number of oxazole rings is 1. The Labute approximate surface area is 249 Å². The number of aryl methyl sites for hydroxylation is 1. The zero-order chi connectivity index (χ0) is 31.1. The Balaban J connectivity index is 1.43. The molecule has 1 atom stereocenters. The van der Waals surface area contributed by atoms with Crippen LogP contribution in [0.2, 0.25) is 0 Å². The molecule has 2 N–H and O–H groups in total. The number of pyridine rings is 1. The summed E-state index contributed by atoms with van der Waals surface area (Å²) in [7, 11) is 2.86. The van der Waals surface area contributed by atoms with Crippen molar-refractivity contribution in [3.8, 4) is 28.2 Å². The summed E-state index contributed by atoms with van der Waals surface area (Å²) in [5, 5.41) is 5.36. The lowest BCUT2D eigenvalue weighted by Crippen LogP contribution is -2.27. The molecule has 6 rings (SSSR count). The number of furan rings is 1. The van der Waals surface area contributed by atoms with Crippen LogP contribution in [0, 0.1) is 18.6 Å². The second kappa shape index (κ2) is 11.3. The largest absolute Gasteiger partial charge is 0.496 e. The lowest BCUT2D eigenvalue weighted by molar-refractivity contribution is 0.0929. The standard InChI is InChI=1S/C33H26F2N4O5/c1-16-13-25(42-4)22(31(40)38-17(2)33-39-23-11-12-37-15-26(23)44-33)14-21(16)20-9-10-24-27(29(20)35)28(32(41)36-3)30(43-24)18-5-7-19(34)8-6-18/h5-15,17H,1-4H3,(H,36,41)(H,38,40)/t17-/m0/s1. The van der Waals surface area contributed by atoms with Gasteiger partial charge < -0.3 is 24.2 Å². The van der Waals surface area contributed by atoms with Crippen LogP contribution >= 0.6 is 0 Å². The number of amides is 2. The molecule has 0 aliphatic heterocycles. The van der Waals surface area contributed by atoms with Gasteiger partial charge in [0.05, 0.1) is 29.8 Å². The molecular weight excluding hydrogens is 570 g/mol. The molecule has 44 heavy (non-hydrogen) atoms. The lowest BCUT2D eigenvalue weighted by atomic mass is 9.94. The lowest BCUT2D eigenvalue weighted by Gasteiger charge is -2.16. The van der Waals surface area contributed by atoms with E-state index in [4.69, 9.17) is 13.6 Å². The molecule has 0 spiro atoms. The van der Waals surface area contributed by atoms with Crippen LogP contribution in [0.25, 0.3) is 44.5 Å². The van der Waals surface area contributed by atoms with Gasteiger partial charge >= 0.3 is 0 Å². The normalized spacial score (nSPS) is 12.0. The Morgan fingerprint density at radius 2 is 1.73 bits per heavy atom. The predicted octanol–water partition coefficient (Wildman–Crippen LogP) is 6.75. The molecule has 0 radical (unpaired) electrons. The minimum absolute atomic E-state index is 0.0278. The zero-order valence-corrected chi connectivity index (χ0v) is 24.1. The molecule has 3 heterocycles. The molecule has 3 aromatic heterocycles. The zero-order valence-electron chi connectivity index (χ0n) is 24.1. The van der Waals surface area contributed by atoms with Crippen molar-refractivity contribution in [2.24, 2.45) is 0 Å². The van der Waals surface area contributed by atoms with Crippen LogP contribution in [0.1, 0.15) is 45.1 Å². The van der Waals surface area contributed by atoms with Crippen molar-refractivity contribution in [1.29, 1.82) is 0 Å². The van der Waals surface area contributed by atoms with E-state index >= 15 is 4.39 Å². The summed E-state index contributed by atoms with van der Waals surface area (Å²) >= 11 is 0. The summed E-state index contributed by atoms with van der Waals surface area (Å²) in [4.78, 5) is 35.0. The highest BCUT2D eigenvalue weighted by molar-refractivity contribution is 6.12. The Hall–Kier alpha value is -5.58. The first-order valence-electron chi connectivity index (χ1n) is 13.6. The van der Waals surface area contributed by atoms with Gasteiger partial charge in [-0.3, -0.25) is 14.6 Å². The van der Waals surface area contributed by atoms with Crippen LogP contribution in [0.3, 0.4) is 0 Å². The molecule has 0 unspecified atom stereocenters. The molecule has 3 aromatic carbocycles. The Morgan fingerprint density at radius 3 is 2.43 bits per heavy atom. The second-order valence-corrected chi connectivity index (χ2v) is 10.2. The van der Waals surface area contributed by atoms with Gasteiger partial charge in [0.15, 0.2) is 5.58 Å². The van der Waals surface area contributed by atoms with Gasteiger partial charge in [0, 0.05) is 24.4 Å². The van der Waals surface area contributed by atoms with E-state index in [-0.39, 0.29) is 39.2 Å². The van der Waals surface area contributed by atoms with Crippen molar-refractivity contribution in [2.45, 2.75) is 19.9 Å². The highest BCUT2D eigenvalue weighted by atomic mass is 19.1. The highest BCUT2D eigenvalue weighted by Gasteiger charge is 2.27. The van der Waals surface area contributed by atoms with Crippen LogP contribution in [0.15, 0.2) is 75.8 Å². The number of halogens is 2. The second-order valence-electron chi connectivity index (χ2n) is 10.2. The van der Waals surface area contributed by atoms with E-state index in [1.807, 2.05) is 0 Å². The third-order valence-electron chi connectivity index (χ3n) is 7.36. The van der Waals surface area contributed by atoms with Crippen molar-refractivity contribution >= 4 is 33.9 Å². The van der Waals surface area contributed by atoms with Crippen LogP contribution in [0.4, 0.5) is 8.78 Å². The molecule has 0 fully saturated rings. The topological polar surface area (TPSA) is 119 Å². The summed E-state index contributed by atoms with van der Waals surface area (Å²) in [5.74, 6) is -1.57. The molecule has 6 aromatic rings. The minimum atomic E-state index is -0.716. The highest BCUT2D eigenvalue weighted by Crippen LogP contribution is 2.40. The van der Waals surface area contributed by atoms with E-state index in [1.54, 1.807) is 44.4 Å². The number of aromatic nitrogens is 2. The van der Waals surface area contributed by atoms with Gasteiger partial charge in [-0.15, -0.1) is 0 Å². The number of hydrogen-bond acceptors (Lipinski definition) is 7. The van der Waals surface area contributed by atoms with E-state index in [1.165, 1.54) is 50.6 Å². The summed E-state index contributed by atoms with van der Waals surface area (Å²) in [6.45, 7) is 3.49. The number of benzene rings is 3. The van der Waals surface area contributed by atoms with Crippen LogP contribution in [-0.2, 0) is 0 Å². The monoisotopic (exact) mass is 596 g/mol. The van der Waals surface area contributed by atoms with Gasteiger partial charge in [-0.2, -0.15) is 0 Å². The van der Waals surface area contributed by atoms with Crippen molar-refractivity contribution in [1.82, 2.24) is 20.6 Å². The molecule has 0 aliphatic rings. The first-order valence-corrected chi connectivity index (χ1v) is 13.6. The van der Waals surface area contributed by atoms with E-state index in [2.05, 4.69) is 20.6 Å². The van der Waals surface area contributed by atoms with Gasteiger partial charge in [0.25, 0.3) is 11.8 Å². The maximum absolute atomic E-state index is 16.5. The molecule has 0 bridgehead atoms. The Morgan fingerprint density at radius 1 is 0.955 bits per heavy atom. The van der Waals surface area contributed by atoms with Gasteiger partial charge in [0.1, 0.15) is 40.3 Å². The predicted molar refractivity (Wildman–Crippen MR) is 159 cm³/mol. The smallest absolute Gasteiger partial charge is 0.255 e. The molecule has 11 heteroatoms. The molecule has 2 amide bonds. The van der Waals surface area contributed by atoms with Crippen molar-refractivity contribution in [2.75, 3.05) is 14.2 Å². The molecule has 222 valence electrons.